The summed E-state index contributed by atoms with van der Waals surface area (Å²) in [5.74, 6) is 0.828. The number of carbonyl (C=O) groups is 1. The summed E-state index contributed by atoms with van der Waals surface area (Å²) >= 11 is 7.96. The van der Waals surface area contributed by atoms with Crippen molar-refractivity contribution in [3.05, 3.63) is 45.1 Å². The van der Waals surface area contributed by atoms with Crippen molar-refractivity contribution in [2.24, 2.45) is 0 Å². The average Bonchev–Trinajstić information content (AvgIpc) is 3.07. The first-order valence-corrected chi connectivity index (χ1v) is 9.31. The van der Waals surface area contributed by atoms with Gasteiger partial charge in [0.25, 0.3) is 5.91 Å². The van der Waals surface area contributed by atoms with Crippen molar-refractivity contribution in [1.82, 2.24) is 5.32 Å². The van der Waals surface area contributed by atoms with E-state index in [2.05, 4.69) is 11.4 Å². The van der Waals surface area contributed by atoms with Crippen molar-refractivity contribution in [1.29, 1.82) is 0 Å². The third-order valence-corrected chi connectivity index (χ3v) is 4.48. The lowest BCUT2D eigenvalue weighted by atomic mass is 10.2. The molecule has 0 atom stereocenters. The molecule has 130 valence electrons. The van der Waals surface area contributed by atoms with Crippen molar-refractivity contribution < 1.29 is 14.3 Å². The van der Waals surface area contributed by atoms with Gasteiger partial charge in [0.05, 0.1) is 18.2 Å². The van der Waals surface area contributed by atoms with E-state index in [0.29, 0.717) is 41.8 Å². The summed E-state index contributed by atoms with van der Waals surface area (Å²) < 4.78 is 11.2. The molecule has 24 heavy (non-hydrogen) atoms. The van der Waals surface area contributed by atoms with Gasteiger partial charge in [0, 0.05) is 17.0 Å². The molecular formula is C18H22ClNO3S. The molecule has 0 unspecified atom stereocenters. The van der Waals surface area contributed by atoms with Gasteiger partial charge in [0.15, 0.2) is 11.5 Å². The Hall–Kier alpha value is -1.72. The van der Waals surface area contributed by atoms with E-state index in [1.54, 1.807) is 23.5 Å². The molecule has 4 nitrogen and oxygen atoms in total. The van der Waals surface area contributed by atoms with E-state index in [1.165, 1.54) is 4.88 Å². The van der Waals surface area contributed by atoms with Gasteiger partial charge in [0.2, 0.25) is 0 Å². The first-order chi connectivity index (χ1) is 11.7. The van der Waals surface area contributed by atoms with E-state index in [0.717, 1.165) is 12.8 Å². The highest BCUT2D eigenvalue weighted by atomic mass is 35.5. The molecule has 0 fully saturated rings. The van der Waals surface area contributed by atoms with Crippen LogP contribution in [0.2, 0.25) is 5.02 Å². The quantitative estimate of drug-likeness (QED) is 0.706. The van der Waals surface area contributed by atoms with E-state index in [-0.39, 0.29) is 5.91 Å². The minimum Gasteiger partial charge on any atom is -0.490 e. The Balaban J connectivity index is 2.06. The van der Waals surface area contributed by atoms with Crippen molar-refractivity contribution in [3.8, 4) is 11.5 Å². The number of benzene rings is 1. The standard InChI is InChI=1S/C18H22ClNO3S/c1-3-9-23-17-15(19)11-13(12-16(17)22-4-2)18(21)20-8-7-14-6-5-10-24-14/h5-6,10-12H,3-4,7-9H2,1-2H3,(H,20,21). The van der Waals surface area contributed by atoms with Gasteiger partial charge in [-0.3, -0.25) is 4.79 Å². The molecule has 1 N–H and O–H groups in total. The van der Waals surface area contributed by atoms with Crippen molar-refractivity contribution in [2.45, 2.75) is 26.7 Å². The van der Waals surface area contributed by atoms with Crippen LogP contribution in [0.1, 0.15) is 35.5 Å². The highest BCUT2D eigenvalue weighted by Gasteiger charge is 2.16. The molecule has 0 saturated heterocycles. The third kappa shape index (κ3) is 5.14. The Morgan fingerprint density at radius 2 is 2.12 bits per heavy atom. The number of rotatable bonds is 9. The maximum atomic E-state index is 12.3. The van der Waals surface area contributed by atoms with E-state index >= 15 is 0 Å². The maximum absolute atomic E-state index is 12.3. The number of hydrogen-bond acceptors (Lipinski definition) is 4. The first-order valence-electron chi connectivity index (χ1n) is 8.05. The molecule has 1 heterocycles. The zero-order chi connectivity index (χ0) is 17.4. The minimum atomic E-state index is -0.170. The van der Waals surface area contributed by atoms with Crippen LogP contribution in [-0.4, -0.2) is 25.7 Å². The van der Waals surface area contributed by atoms with Gasteiger partial charge >= 0.3 is 0 Å². The average molecular weight is 368 g/mol. The second-order valence-electron chi connectivity index (χ2n) is 5.15. The summed E-state index contributed by atoms with van der Waals surface area (Å²) in [5.41, 5.74) is 0.471. The third-order valence-electron chi connectivity index (χ3n) is 3.26. The van der Waals surface area contributed by atoms with Gasteiger partial charge in [-0.1, -0.05) is 24.6 Å². The van der Waals surface area contributed by atoms with E-state index in [1.807, 2.05) is 25.3 Å². The highest BCUT2D eigenvalue weighted by molar-refractivity contribution is 7.09. The predicted octanol–water partition coefficient (Wildman–Crippen LogP) is 4.56. The van der Waals surface area contributed by atoms with Crippen LogP contribution >= 0.6 is 22.9 Å². The number of nitrogens with one attached hydrogen (secondary N) is 1. The molecule has 0 aliphatic rings. The van der Waals surface area contributed by atoms with Crippen LogP contribution in [0.15, 0.2) is 29.6 Å². The summed E-state index contributed by atoms with van der Waals surface area (Å²) in [5, 5.41) is 5.32. The number of amides is 1. The lowest BCUT2D eigenvalue weighted by molar-refractivity contribution is 0.0953. The Bertz CT molecular complexity index is 659. The lowest BCUT2D eigenvalue weighted by Crippen LogP contribution is -2.25. The van der Waals surface area contributed by atoms with Crippen LogP contribution in [0.3, 0.4) is 0 Å². The van der Waals surface area contributed by atoms with Gasteiger partial charge < -0.3 is 14.8 Å². The Labute approximate surface area is 151 Å². The van der Waals surface area contributed by atoms with Crippen LogP contribution in [-0.2, 0) is 6.42 Å². The van der Waals surface area contributed by atoms with Crippen LogP contribution in [0.4, 0.5) is 0 Å². The monoisotopic (exact) mass is 367 g/mol. The molecule has 1 amide bonds. The predicted molar refractivity (Wildman–Crippen MR) is 98.8 cm³/mol. The number of ether oxygens (including phenoxy) is 2. The first kappa shape index (κ1) is 18.6. The number of carbonyl (C=O) groups excluding carboxylic acids is 1. The SMILES string of the molecule is CCCOc1c(Cl)cc(C(=O)NCCc2cccs2)cc1OCC. The fourth-order valence-electron chi connectivity index (χ4n) is 2.16. The second kappa shape index (κ2) is 9.55. The fourth-order valence-corrected chi connectivity index (χ4v) is 3.14. The van der Waals surface area contributed by atoms with Crippen molar-refractivity contribution >= 4 is 28.8 Å². The molecule has 0 aliphatic carbocycles. The fraction of sp³-hybridized carbons (Fsp3) is 0.389. The number of hydrogen-bond donors (Lipinski definition) is 1. The van der Waals surface area contributed by atoms with Gasteiger partial charge in [-0.2, -0.15) is 0 Å². The summed E-state index contributed by atoms with van der Waals surface area (Å²) in [4.78, 5) is 13.6. The van der Waals surface area contributed by atoms with Crippen LogP contribution in [0.5, 0.6) is 11.5 Å². The van der Waals surface area contributed by atoms with Crippen molar-refractivity contribution in [2.75, 3.05) is 19.8 Å². The molecule has 0 bridgehead atoms. The molecule has 6 heteroatoms. The van der Waals surface area contributed by atoms with Crippen LogP contribution in [0, 0.1) is 0 Å². The largest absolute Gasteiger partial charge is 0.490 e. The maximum Gasteiger partial charge on any atom is 0.251 e. The summed E-state index contributed by atoms with van der Waals surface area (Å²) in [6.07, 6.45) is 1.68. The molecule has 1 aromatic heterocycles. The normalized spacial score (nSPS) is 10.5. The Kier molecular flexibility index (Phi) is 7.40. The molecule has 0 aliphatic heterocycles. The summed E-state index contributed by atoms with van der Waals surface area (Å²) in [6, 6.07) is 7.36. The van der Waals surface area contributed by atoms with Crippen molar-refractivity contribution in [3.63, 3.8) is 0 Å². The molecule has 2 aromatic rings. The van der Waals surface area contributed by atoms with Gasteiger partial charge in [-0.05, 0) is 43.3 Å². The summed E-state index contributed by atoms with van der Waals surface area (Å²) in [6.45, 7) is 5.50. The molecule has 2 rings (SSSR count). The molecule has 0 radical (unpaired) electrons. The van der Waals surface area contributed by atoms with E-state index in [9.17, 15) is 4.79 Å². The minimum absolute atomic E-state index is 0.170. The van der Waals surface area contributed by atoms with Gasteiger partial charge in [-0.15, -0.1) is 11.3 Å². The van der Waals surface area contributed by atoms with E-state index < -0.39 is 0 Å². The molecule has 0 saturated carbocycles. The number of thiophene rings is 1. The zero-order valence-corrected chi connectivity index (χ0v) is 15.5. The topological polar surface area (TPSA) is 47.6 Å². The smallest absolute Gasteiger partial charge is 0.251 e. The second-order valence-corrected chi connectivity index (χ2v) is 6.59. The molecule has 1 aromatic carbocycles. The van der Waals surface area contributed by atoms with Crippen LogP contribution < -0.4 is 14.8 Å². The van der Waals surface area contributed by atoms with Crippen LogP contribution in [0.25, 0.3) is 0 Å². The lowest BCUT2D eigenvalue weighted by Gasteiger charge is -2.15. The summed E-state index contributed by atoms with van der Waals surface area (Å²) in [7, 11) is 0. The Morgan fingerprint density at radius 3 is 2.79 bits per heavy atom. The van der Waals surface area contributed by atoms with Gasteiger partial charge in [-0.25, -0.2) is 0 Å². The number of halogens is 1. The molecular weight excluding hydrogens is 346 g/mol. The highest BCUT2D eigenvalue weighted by Crippen LogP contribution is 2.36. The van der Waals surface area contributed by atoms with Gasteiger partial charge in [0.1, 0.15) is 0 Å². The zero-order valence-electron chi connectivity index (χ0n) is 13.9. The molecule has 0 spiro atoms. The Morgan fingerprint density at radius 1 is 1.29 bits per heavy atom. The van der Waals surface area contributed by atoms with E-state index in [4.69, 9.17) is 21.1 Å².